The van der Waals surface area contributed by atoms with Crippen LogP contribution in [0.25, 0.3) is 0 Å². The highest BCUT2D eigenvalue weighted by molar-refractivity contribution is 6.09. The lowest BCUT2D eigenvalue weighted by Gasteiger charge is -2.36. The van der Waals surface area contributed by atoms with Gasteiger partial charge in [0.1, 0.15) is 12.1 Å². The first-order valence-electron chi connectivity index (χ1n) is 8.61. The number of hydrogen-bond donors (Lipinski definition) is 3. The molecule has 0 radical (unpaired) electrons. The van der Waals surface area contributed by atoms with Crippen molar-refractivity contribution in [2.75, 3.05) is 13.1 Å². The van der Waals surface area contributed by atoms with Crippen molar-refractivity contribution in [3.8, 4) is 0 Å². The van der Waals surface area contributed by atoms with Crippen LogP contribution in [0.5, 0.6) is 0 Å². The fourth-order valence-corrected chi connectivity index (χ4v) is 3.90. The number of urea groups is 1. The van der Waals surface area contributed by atoms with Crippen molar-refractivity contribution >= 4 is 17.8 Å². The Balaban J connectivity index is 1.64. The van der Waals surface area contributed by atoms with E-state index >= 15 is 0 Å². The van der Waals surface area contributed by atoms with E-state index in [-0.39, 0.29) is 30.3 Å². The van der Waals surface area contributed by atoms with Gasteiger partial charge in [-0.3, -0.25) is 14.5 Å². The summed E-state index contributed by atoms with van der Waals surface area (Å²) in [6, 6.07) is -0.500. The fraction of sp³-hybridized carbons (Fsp3) is 0.812. The van der Waals surface area contributed by atoms with Crippen molar-refractivity contribution in [1.82, 2.24) is 15.5 Å². The van der Waals surface area contributed by atoms with E-state index in [2.05, 4.69) is 10.6 Å². The summed E-state index contributed by atoms with van der Waals surface area (Å²) in [4.78, 5) is 38.3. The average Bonchev–Trinajstić information content (AvgIpc) is 3.33. The second-order valence-corrected chi connectivity index (χ2v) is 7.19. The van der Waals surface area contributed by atoms with Crippen molar-refractivity contribution < 1.29 is 14.4 Å². The van der Waals surface area contributed by atoms with E-state index in [1.54, 1.807) is 0 Å². The molecule has 3 rings (SSSR count). The molecule has 2 aliphatic carbocycles. The van der Waals surface area contributed by atoms with Gasteiger partial charge in [-0.2, -0.15) is 0 Å². The highest BCUT2D eigenvalue weighted by Gasteiger charge is 2.55. The molecule has 1 aliphatic heterocycles. The van der Waals surface area contributed by atoms with Crippen LogP contribution in [0.15, 0.2) is 0 Å². The summed E-state index contributed by atoms with van der Waals surface area (Å²) in [6.07, 6.45) is 5.73. The molecule has 3 fully saturated rings. The van der Waals surface area contributed by atoms with Gasteiger partial charge in [0, 0.05) is 12.6 Å². The second kappa shape index (κ2) is 6.11. The van der Waals surface area contributed by atoms with E-state index in [1.165, 1.54) is 0 Å². The lowest BCUT2D eigenvalue weighted by Crippen LogP contribution is -2.54. The van der Waals surface area contributed by atoms with Crippen LogP contribution in [0, 0.1) is 11.8 Å². The van der Waals surface area contributed by atoms with Crippen LogP contribution in [0.4, 0.5) is 4.79 Å². The molecule has 3 atom stereocenters. The minimum atomic E-state index is -0.806. The summed E-state index contributed by atoms with van der Waals surface area (Å²) in [7, 11) is 0. The van der Waals surface area contributed by atoms with E-state index in [4.69, 9.17) is 5.73 Å². The number of carbonyl (C=O) groups is 3. The summed E-state index contributed by atoms with van der Waals surface area (Å²) >= 11 is 0. The first-order chi connectivity index (χ1) is 11.0. The monoisotopic (exact) mass is 322 g/mol. The number of carbonyl (C=O) groups excluding carboxylic acids is 3. The summed E-state index contributed by atoms with van der Waals surface area (Å²) in [6.45, 7) is 2.17. The van der Waals surface area contributed by atoms with Crippen molar-refractivity contribution in [2.24, 2.45) is 17.6 Å². The van der Waals surface area contributed by atoms with E-state index in [9.17, 15) is 14.4 Å². The molecule has 0 aromatic rings. The predicted octanol–water partition coefficient (Wildman–Crippen LogP) is 0.341. The second-order valence-electron chi connectivity index (χ2n) is 7.19. The summed E-state index contributed by atoms with van der Waals surface area (Å²) in [5.41, 5.74) is 4.87. The van der Waals surface area contributed by atoms with Gasteiger partial charge in [0.15, 0.2) is 0 Å². The van der Waals surface area contributed by atoms with Gasteiger partial charge in [-0.25, -0.2) is 4.79 Å². The van der Waals surface area contributed by atoms with E-state index in [1.807, 2.05) is 6.92 Å². The zero-order valence-electron chi connectivity index (χ0n) is 13.6. The zero-order valence-corrected chi connectivity index (χ0v) is 13.6. The number of nitrogens with zero attached hydrogens (tertiary/aromatic N) is 1. The molecule has 1 spiro atoms. The van der Waals surface area contributed by atoms with Gasteiger partial charge in [0.2, 0.25) is 5.91 Å². The molecule has 3 unspecified atom stereocenters. The van der Waals surface area contributed by atoms with Gasteiger partial charge in [-0.05, 0) is 37.5 Å². The third-order valence-electron chi connectivity index (χ3n) is 5.59. The Hall–Kier alpha value is -1.63. The Labute approximate surface area is 136 Å². The Kier molecular flexibility index (Phi) is 4.31. The quantitative estimate of drug-likeness (QED) is 0.635. The van der Waals surface area contributed by atoms with E-state index in [0.29, 0.717) is 18.9 Å². The Morgan fingerprint density at radius 1 is 1.39 bits per heavy atom. The lowest BCUT2D eigenvalue weighted by atomic mass is 9.73. The van der Waals surface area contributed by atoms with Gasteiger partial charge < -0.3 is 16.4 Å². The van der Waals surface area contributed by atoms with Gasteiger partial charge in [-0.1, -0.05) is 19.8 Å². The van der Waals surface area contributed by atoms with Crippen LogP contribution in [0.1, 0.15) is 45.4 Å². The largest absolute Gasteiger partial charge is 0.350 e. The molecule has 23 heavy (non-hydrogen) atoms. The molecular weight excluding hydrogens is 296 g/mol. The Bertz CT molecular complexity index is 519. The fourth-order valence-electron chi connectivity index (χ4n) is 3.90. The highest BCUT2D eigenvalue weighted by atomic mass is 16.2. The van der Waals surface area contributed by atoms with Crippen molar-refractivity contribution in [2.45, 2.75) is 57.0 Å². The Morgan fingerprint density at radius 2 is 2.13 bits per heavy atom. The summed E-state index contributed by atoms with van der Waals surface area (Å²) in [5, 5.41) is 5.72. The topological polar surface area (TPSA) is 105 Å². The minimum absolute atomic E-state index is 0.0502. The number of nitrogens with one attached hydrogen (secondary N) is 2. The number of imide groups is 1. The highest BCUT2D eigenvalue weighted by Crippen LogP contribution is 2.38. The molecule has 0 aromatic heterocycles. The van der Waals surface area contributed by atoms with Crippen molar-refractivity contribution in [3.63, 3.8) is 0 Å². The molecule has 7 nitrogen and oxygen atoms in total. The minimum Gasteiger partial charge on any atom is -0.350 e. The molecule has 4 N–H and O–H groups in total. The van der Waals surface area contributed by atoms with Crippen LogP contribution < -0.4 is 16.4 Å². The normalized spacial score (nSPS) is 32.1. The third kappa shape index (κ3) is 2.94. The molecule has 7 heteroatoms. The van der Waals surface area contributed by atoms with E-state index < -0.39 is 11.6 Å². The lowest BCUT2D eigenvalue weighted by molar-refractivity contribution is -0.137. The molecule has 128 valence electrons. The van der Waals surface area contributed by atoms with Gasteiger partial charge >= 0.3 is 6.03 Å². The standard InChI is InChI=1S/C16H26N4O3/c1-10-4-2-3-7-16(10)14(22)20(15(23)19-16)9-13(21)18-12(8-17)11-5-6-11/h10-12H,2-9,17H2,1H3,(H,18,21)(H,19,23). The summed E-state index contributed by atoms with van der Waals surface area (Å²) in [5.74, 6) is -0.0160. The maximum absolute atomic E-state index is 12.8. The van der Waals surface area contributed by atoms with Gasteiger partial charge in [-0.15, -0.1) is 0 Å². The van der Waals surface area contributed by atoms with Crippen LogP contribution in [-0.4, -0.2) is 47.4 Å². The first-order valence-corrected chi connectivity index (χ1v) is 8.61. The third-order valence-corrected chi connectivity index (χ3v) is 5.59. The van der Waals surface area contributed by atoms with Crippen LogP contribution in [0.2, 0.25) is 0 Å². The Morgan fingerprint density at radius 3 is 2.74 bits per heavy atom. The molecule has 1 saturated heterocycles. The van der Waals surface area contributed by atoms with E-state index in [0.717, 1.165) is 37.0 Å². The number of nitrogens with two attached hydrogens (primary N) is 1. The van der Waals surface area contributed by atoms with Gasteiger partial charge in [0.25, 0.3) is 5.91 Å². The molecule has 1 heterocycles. The van der Waals surface area contributed by atoms with Crippen LogP contribution in [-0.2, 0) is 9.59 Å². The average molecular weight is 322 g/mol. The number of hydrogen-bond acceptors (Lipinski definition) is 4. The molecule has 0 aromatic carbocycles. The molecule has 4 amide bonds. The van der Waals surface area contributed by atoms with Crippen LogP contribution >= 0.6 is 0 Å². The zero-order chi connectivity index (χ0) is 16.6. The predicted molar refractivity (Wildman–Crippen MR) is 84.3 cm³/mol. The first kappa shape index (κ1) is 16.2. The molecule has 2 saturated carbocycles. The summed E-state index contributed by atoms with van der Waals surface area (Å²) < 4.78 is 0. The van der Waals surface area contributed by atoms with Crippen molar-refractivity contribution in [1.29, 1.82) is 0 Å². The molecular formula is C16H26N4O3. The molecule has 3 aliphatic rings. The molecule has 0 bridgehead atoms. The smallest absolute Gasteiger partial charge is 0.325 e. The number of amides is 4. The maximum Gasteiger partial charge on any atom is 0.325 e. The van der Waals surface area contributed by atoms with Gasteiger partial charge in [0.05, 0.1) is 0 Å². The van der Waals surface area contributed by atoms with Crippen LogP contribution in [0.3, 0.4) is 0 Å². The maximum atomic E-state index is 12.8. The van der Waals surface area contributed by atoms with Crippen molar-refractivity contribution in [3.05, 3.63) is 0 Å². The number of rotatable bonds is 5. The SMILES string of the molecule is CC1CCCCC12NC(=O)N(CC(=O)NC(CN)C1CC1)C2=O.